The van der Waals surface area contributed by atoms with Crippen molar-refractivity contribution in [1.29, 1.82) is 0 Å². The summed E-state index contributed by atoms with van der Waals surface area (Å²) in [7, 11) is 0. The van der Waals surface area contributed by atoms with E-state index in [-0.39, 0.29) is 0 Å². The van der Waals surface area contributed by atoms with Crippen LogP contribution >= 0.6 is 0 Å². The van der Waals surface area contributed by atoms with E-state index >= 15 is 0 Å². The monoisotopic (exact) mass is 436 g/mol. The molecular formula is C24H32N6O2. The number of rotatable bonds is 8. The first-order valence-electron chi connectivity index (χ1n) is 11.6. The van der Waals surface area contributed by atoms with Crippen LogP contribution in [0.3, 0.4) is 0 Å². The molecule has 0 bridgehead atoms. The lowest BCUT2D eigenvalue weighted by molar-refractivity contribution is 0.0398. The summed E-state index contributed by atoms with van der Waals surface area (Å²) < 4.78 is 10.9. The van der Waals surface area contributed by atoms with Crippen molar-refractivity contribution in [2.24, 2.45) is 0 Å². The van der Waals surface area contributed by atoms with Gasteiger partial charge in [-0.3, -0.25) is 9.80 Å². The van der Waals surface area contributed by atoms with Gasteiger partial charge >= 0.3 is 0 Å². The smallest absolute Gasteiger partial charge is 0.156 e. The molecule has 2 N–H and O–H groups in total. The summed E-state index contributed by atoms with van der Waals surface area (Å²) in [4.78, 5) is 4.84. The third kappa shape index (κ3) is 5.10. The number of nitrogens with one attached hydrogen (secondary N) is 2. The predicted octanol–water partition coefficient (Wildman–Crippen LogP) is 2.27. The van der Waals surface area contributed by atoms with E-state index in [1.165, 1.54) is 10.8 Å². The second-order valence-electron chi connectivity index (χ2n) is 8.40. The molecule has 2 aliphatic rings. The molecule has 2 aliphatic heterocycles. The van der Waals surface area contributed by atoms with Gasteiger partial charge in [0.25, 0.3) is 0 Å². The molecule has 0 radical (unpaired) electrons. The summed E-state index contributed by atoms with van der Waals surface area (Å²) in [5.74, 6) is 1.69. The number of benzene rings is 2. The second kappa shape index (κ2) is 10.4. The maximum absolute atomic E-state index is 5.45. The molecule has 8 nitrogen and oxygen atoms in total. The average Bonchev–Trinajstić information content (AvgIpc) is 2.85. The van der Waals surface area contributed by atoms with Gasteiger partial charge in [0.15, 0.2) is 11.6 Å². The van der Waals surface area contributed by atoms with Crippen LogP contribution in [-0.2, 0) is 9.47 Å². The molecule has 3 heterocycles. The standard InChI is InChI=1S/C24H32N6O2/c1-2-4-20-18-22-21(17-19(20)3-1)23(25-5-7-29-9-13-31-14-10-29)27-28-24(22)26-6-8-30-11-15-32-16-12-30/h1-4,17-18H,5-16H2,(H,25,27)(H,26,28). The van der Waals surface area contributed by atoms with E-state index in [1.54, 1.807) is 0 Å². The number of nitrogens with zero attached hydrogens (tertiary/aromatic N) is 4. The fourth-order valence-corrected chi connectivity index (χ4v) is 4.42. The van der Waals surface area contributed by atoms with Gasteiger partial charge < -0.3 is 20.1 Å². The lowest BCUT2D eigenvalue weighted by atomic mass is 10.0. The SMILES string of the molecule is c1ccc2cc3c(NCCN4CCOCC4)nnc(NCCN4CCOCC4)c3cc2c1. The molecule has 0 unspecified atom stereocenters. The lowest BCUT2D eigenvalue weighted by Crippen LogP contribution is -2.39. The Bertz CT molecular complexity index is 952. The normalized spacial score (nSPS) is 18.2. The van der Waals surface area contributed by atoms with Crippen molar-refractivity contribution in [3.63, 3.8) is 0 Å². The van der Waals surface area contributed by atoms with Crippen LogP contribution in [0, 0.1) is 0 Å². The summed E-state index contributed by atoms with van der Waals surface area (Å²) in [5.41, 5.74) is 0. The molecule has 2 fully saturated rings. The van der Waals surface area contributed by atoms with Gasteiger partial charge in [-0.2, -0.15) is 0 Å². The molecule has 0 atom stereocenters. The number of hydrogen-bond acceptors (Lipinski definition) is 8. The molecule has 0 saturated carbocycles. The maximum atomic E-state index is 5.45. The molecule has 2 aromatic carbocycles. The molecule has 1 aromatic heterocycles. The molecule has 2 saturated heterocycles. The number of aromatic nitrogens is 2. The number of morpholine rings is 2. The molecule has 0 spiro atoms. The number of anilines is 2. The maximum Gasteiger partial charge on any atom is 0.156 e. The summed E-state index contributed by atoms with van der Waals surface area (Å²) in [6.45, 7) is 10.9. The van der Waals surface area contributed by atoms with Crippen LogP contribution in [0.2, 0.25) is 0 Å². The van der Waals surface area contributed by atoms with E-state index < -0.39 is 0 Å². The van der Waals surface area contributed by atoms with Crippen molar-refractivity contribution in [2.45, 2.75) is 0 Å². The van der Waals surface area contributed by atoms with Gasteiger partial charge in [0.2, 0.25) is 0 Å². The Balaban J connectivity index is 1.34. The first-order valence-corrected chi connectivity index (χ1v) is 11.6. The van der Waals surface area contributed by atoms with Crippen LogP contribution in [0.4, 0.5) is 11.6 Å². The van der Waals surface area contributed by atoms with Crippen molar-refractivity contribution >= 4 is 33.2 Å². The molecule has 32 heavy (non-hydrogen) atoms. The van der Waals surface area contributed by atoms with Crippen LogP contribution in [0.1, 0.15) is 0 Å². The molecule has 0 amide bonds. The van der Waals surface area contributed by atoms with Crippen molar-refractivity contribution in [1.82, 2.24) is 20.0 Å². The summed E-state index contributed by atoms with van der Waals surface area (Å²) in [5, 5.41) is 20.8. The van der Waals surface area contributed by atoms with Crippen molar-refractivity contribution in [3.05, 3.63) is 36.4 Å². The van der Waals surface area contributed by atoms with Gasteiger partial charge in [0.1, 0.15) is 0 Å². The highest BCUT2D eigenvalue weighted by Gasteiger charge is 2.14. The highest BCUT2D eigenvalue weighted by atomic mass is 16.5. The van der Waals surface area contributed by atoms with E-state index in [1.807, 2.05) is 0 Å². The van der Waals surface area contributed by atoms with Gasteiger partial charge in [-0.15, -0.1) is 10.2 Å². The highest BCUT2D eigenvalue weighted by molar-refractivity contribution is 6.06. The molecule has 5 rings (SSSR count). The molecule has 3 aromatic rings. The van der Waals surface area contributed by atoms with Gasteiger partial charge in [-0.1, -0.05) is 24.3 Å². The Kier molecular flexibility index (Phi) is 6.93. The minimum atomic E-state index is 0.819. The van der Waals surface area contributed by atoms with E-state index in [2.05, 4.69) is 67.0 Å². The molecule has 0 aliphatic carbocycles. The quantitative estimate of drug-likeness (QED) is 0.521. The Labute approximate surface area is 188 Å². The van der Waals surface area contributed by atoms with Crippen molar-refractivity contribution in [2.75, 3.05) is 89.4 Å². The van der Waals surface area contributed by atoms with E-state index in [0.717, 1.165) is 101 Å². The lowest BCUT2D eigenvalue weighted by Gasteiger charge is -2.27. The van der Waals surface area contributed by atoms with Gasteiger partial charge in [0, 0.05) is 63.1 Å². The summed E-state index contributed by atoms with van der Waals surface area (Å²) >= 11 is 0. The zero-order valence-corrected chi connectivity index (χ0v) is 18.6. The van der Waals surface area contributed by atoms with E-state index in [9.17, 15) is 0 Å². The Hall–Kier alpha value is -2.52. The molecule has 170 valence electrons. The Morgan fingerprint density at radius 3 is 1.56 bits per heavy atom. The molecule has 8 heteroatoms. The fourth-order valence-electron chi connectivity index (χ4n) is 4.42. The van der Waals surface area contributed by atoms with Crippen LogP contribution in [0.15, 0.2) is 36.4 Å². The third-order valence-electron chi connectivity index (χ3n) is 6.29. The largest absolute Gasteiger partial charge is 0.379 e. The van der Waals surface area contributed by atoms with Crippen LogP contribution in [-0.4, -0.2) is 98.8 Å². The van der Waals surface area contributed by atoms with E-state index in [4.69, 9.17) is 9.47 Å². The highest BCUT2D eigenvalue weighted by Crippen LogP contribution is 2.30. The first-order chi connectivity index (χ1) is 15.9. The van der Waals surface area contributed by atoms with Crippen molar-refractivity contribution < 1.29 is 9.47 Å². The second-order valence-corrected chi connectivity index (χ2v) is 8.40. The minimum absolute atomic E-state index is 0.819. The third-order valence-corrected chi connectivity index (χ3v) is 6.29. The zero-order chi connectivity index (χ0) is 21.6. The first kappa shape index (κ1) is 21.3. The number of fused-ring (bicyclic) bond motifs is 2. The predicted molar refractivity (Wildman–Crippen MR) is 129 cm³/mol. The van der Waals surface area contributed by atoms with E-state index in [0.29, 0.717) is 0 Å². The van der Waals surface area contributed by atoms with Crippen molar-refractivity contribution in [3.8, 4) is 0 Å². The minimum Gasteiger partial charge on any atom is -0.379 e. The topological polar surface area (TPSA) is 74.8 Å². The molecular weight excluding hydrogens is 404 g/mol. The Morgan fingerprint density at radius 2 is 1.12 bits per heavy atom. The average molecular weight is 437 g/mol. The summed E-state index contributed by atoms with van der Waals surface area (Å²) in [6, 6.07) is 12.9. The van der Waals surface area contributed by atoms with Crippen LogP contribution < -0.4 is 10.6 Å². The zero-order valence-electron chi connectivity index (χ0n) is 18.6. The fraction of sp³-hybridized carbons (Fsp3) is 0.500. The van der Waals surface area contributed by atoms with Crippen LogP contribution in [0.5, 0.6) is 0 Å². The Morgan fingerprint density at radius 1 is 0.688 bits per heavy atom. The number of ether oxygens (including phenoxy) is 2. The number of hydrogen-bond donors (Lipinski definition) is 2. The van der Waals surface area contributed by atoms with Crippen LogP contribution in [0.25, 0.3) is 21.5 Å². The van der Waals surface area contributed by atoms with Gasteiger partial charge in [-0.05, 0) is 22.9 Å². The van der Waals surface area contributed by atoms with Gasteiger partial charge in [-0.25, -0.2) is 0 Å². The summed E-state index contributed by atoms with van der Waals surface area (Å²) in [6.07, 6.45) is 0. The van der Waals surface area contributed by atoms with Gasteiger partial charge in [0.05, 0.1) is 26.4 Å².